The van der Waals surface area contributed by atoms with Crippen molar-refractivity contribution in [3.8, 4) is 11.3 Å². The van der Waals surface area contributed by atoms with Crippen molar-refractivity contribution in [3.63, 3.8) is 0 Å². The second-order valence-electron chi connectivity index (χ2n) is 9.16. The van der Waals surface area contributed by atoms with Gasteiger partial charge in [-0.2, -0.15) is 0 Å². The molecule has 1 aromatic heterocycles. The van der Waals surface area contributed by atoms with Crippen molar-refractivity contribution in [2.24, 2.45) is 5.92 Å². The van der Waals surface area contributed by atoms with Crippen LogP contribution in [0.4, 0.5) is 0 Å². The van der Waals surface area contributed by atoms with E-state index in [1.165, 1.54) is 12.1 Å². The number of rotatable bonds is 8. The number of allylic oxidation sites excluding steroid dienone is 3. The molecule has 2 saturated carbocycles. The van der Waals surface area contributed by atoms with Crippen molar-refractivity contribution in [2.45, 2.75) is 84.6 Å². The van der Waals surface area contributed by atoms with Crippen molar-refractivity contribution in [2.75, 3.05) is 6.54 Å². The van der Waals surface area contributed by atoms with E-state index in [1.807, 2.05) is 48.9 Å². The molecule has 0 N–H and O–H groups in total. The minimum absolute atomic E-state index is 0.256. The van der Waals surface area contributed by atoms with Crippen LogP contribution < -0.4 is 0 Å². The Morgan fingerprint density at radius 3 is 2.31 bits per heavy atom. The van der Waals surface area contributed by atoms with Crippen LogP contribution in [-0.2, 0) is 11.3 Å². The van der Waals surface area contributed by atoms with E-state index in [-0.39, 0.29) is 6.10 Å². The molecule has 5 nitrogen and oxygen atoms in total. The van der Waals surface area contributed by atoms with Crippen LogP contribution >= 0.6 is 23.2 Å². The average Bonchev–Trinajstić information content (AvgIpc) is 3.36. The first-order chi connectivity index (χ1) is 17.5. The molecule has 2 aliphatic carbocycles. The van der Waals surface area contributed by atoms with Gasteiger partial charge < -0.3 is 9.64 Å². The van der Waals surface area contributed by atoms with Gasteiger partial charge in [-0.3, -0.25) is 0 Å². The van der Waals surface area contributed by atoms with Gasteiger partial charge in [0.25, 0.3) is 0 Å². The number of aromatic nitrogens is 3. The molecule has 2 aromatic rings. The molecule has 7 heteroatoms. The highest BCUT2D eigenvalue weighted by Gasteiger charge is 2.45. The molecule has 0 spiro atoms. The molecule has 0 amide bonds. The van der Waals surface area contributed by atoms with E-state index in [2.05, 4.69) is 48.3 Å². The average molecular weight is 532 g/mol. The Bertz CT molecular complexity index is 1040. The van der Waals surface area contributed by atoms with Crippen molar-refractivity contribution >= 4 is 23.2 Å². The van der Waals surface area contributed by atoms with E-state index in [4.69, 9.17) is 27.9 Å². The monoisotopic (exact) mass is 530 g/mol. The third-order valence-electron chi connectivity index (χ3n) is 6.92. The summed E-state index contributed by atoms with van der Waals surface area (Å²) < 4.78 is 8.50. The normalized spacial score (nSPS) is 22.4. The van der Waals surface area contributed by atoms with Gasteiger partial charge in [-0.25, -0.2) is 4.68 Å². The van der Waals surface area contributed by atoms with Gasteiger partial charge in [0.1, 0.15) is 5.69 Å². The summed E-state index contributed by atoms with van der Waals surface area (Å²) in [5.74, 6) is 0.544. The van der Waals surface area contributed by atoms with Crippen LogP contribution in [-0.4, -0.2) is 38.6 Å². The SMILES string of the molecule is C=C/C(=C\C)N1CC2CC1CC2OCc1c(-c2c(Cl)cccc2Cl)nnn1C1CC1.C=CCC.CC. The van der Waals surface area contributed by atoms with Gasteiger partial charge in [0.15, 0.2) is 0 Å². The summed E-state index contributed by atoms with van der Waals surface area (Å²) in [6, 6.07) is 6.47. The molecule has 196 valence electrons. The first kappa shape index (κ1) is 28.5. The molecule has 2 bridgehead atoms. The topological polar surface area (TPSA) is 43.2 Å². The summed E-state index contributed by atoms with van der Waals surface area (Å²) in [6.07, 6.45) is 11.8. The summed E-state index contributed by atoms with van der Waals surface area (Å²) >= 11 is 12.9. The zero-order chi connectivity index (χ0) is 26.2. The largest absolute Gasteiger partial charge is 0.371 e. The van der Waals surface area contributed by atoms with Gasteiger partial charge in [0, 0.05) is 29.8 Å². The molecule has 0 radical (unpaired) electrons. The fraction of sp³-hybridized carbons (Fsp3) is 0.517. The number of likely N-dealkylation sites (tertiary alicyclic amines) is 1. The number of benzene rings is 1. The Morgan fingerprint density at radius 2 is 1.81 bits per heavy atom. The zero-order valence-electron chi connectivity index (χ0n) is 22.1. The maximum Gasteiger partial charge on any atom is 0.121 e. The van der Waals surface area contributed by atoms with Crippen LogP contribution in [0, 0.1) is 5.92 Å². The summed E-state index contributed by atoms with van der Waals surface area (Å²) in [4.78, 5) is 2.47. The van der Waals surface area contributed by atoms with E-state index in [1.54, 1.807) is 0 Å². The highest BCUT2D eigenvalue weighted by molar-refractivity contribution is 6.39. The summed E-state index contributed by atoms with van der Waals surface area (Å²) in [6.45, 7) is 17.1. The molecule has 1 aromatic carbocycles. The first-order valence-corrected chi connectivity index (χ1v) is 13.9. The molecule has 3 aliphatic rings. The minimum Gasteiger partial charge on any atom is -0.371 e. The van der Waals surface area contributed by atoms with E-state index in [0.717, 1.165) is 49.2 Å². The Kier molecular flexibility index (Phi) is 10.7. The zero-order valence-corrected chi connectivity index (χ0v) is 23.6. The minimum atomic E-state index is 0.256. The molecule has 5 rings (SSSR count). The molecule has 36 heavy (non-hydrogen) atoms. The highest BCUT2D eigenvalue weighted by atomic mass is 35.5. The lowest BCUT2D eigenvalue weighted by Gasteiger charge is -2.33. The Morgan fingerprint density at radius 1 is 1.14 bits per heavy atom. The first-order valence-electron chi connectivity index (χ1n) is 13.2. The molecule has 1 saturated heterocycles. The number of halogens is 2. The lowest BCUT2D eigenvalue weighted by molar-refractivity contribution is -0.00735. The fourth-order valence-electron chi connectivity index (χ4n) is 4.99. The summed E-state index contributed by atoms with van der Waals surface area (Å²) in [5, 5.41) is 10.1. The number of fused-ring (bicyclic) bond motifs is 2. The Labute approximate surface area is 226 Å². The predicted molar refractivity (Wildman–Crippen MR) is 151 cm³/mol. The van der Waals surface area contributed by atoms with Crippen LogP contribution in [0.5, 0.6) is 0 Å². The summed E-state index contributed by atoms with van der Waals surface area (Å²) in [5.41, 5.74) is 3.69. The molecule has 3 unspecified atom stereocenters. The van der Waals surface area contributed by atoms with E-state index in [0.29, 0.717) is 34.7 Å². The van der Waals surface area contributed by atoms with E-state index in [9.17, 15) is 0 Å². The molecule has 3 fully saturated rings. The van der Waals surface area contributed by atoms with Gasteiger partial charge in [0.2, 0.25) is 0 Å². The maximum absolute atomic E-state index is 6.48. The van der Waals surface area contributed by atoms with E-state index < -0.39 is 0 Å². The molecule has 1 aliphatic heterocycles. The number of hydrogen-bond donors (Lipinski definition) is 0. The molecular weight excluding hydrogens is 491 g/mol. The van der Waals surface area contributed by atoms with Crippen LogP contribution in [0.2, 0.25) is 10.0 Å². The lowest BCUT2D eigenvalue weighted by atomic mass is 10.1. The van der Waals surface area contributed by atoms with Gasteiger partial charge in [-0.15, -0.1) is 11.7 Å². The van der Waals surface area contributed by atoms with Gasteiger partial charge in [-0.05, 0) is 57.2 Å². The molecule has 3 atom stereocenters. The van der Waals surface area contributed by atoms with Crippen LogP contribution in [0.1, 0.15) is 71.5 Å². The lowest BCUT2D eigenvalue weighted by Crippen LogP contribution is -2.37. The second-order valence-corrected chi connectivity index (χ2v) is 9.97. The standard InChI is InChI=1S/C23H26Cl2N4O.C4H8.C2H6/c1-3-15(4-2)28-12-14-10-17(28)11-21(14)30-13-20-23(26-27-29(20)16-8-9-16)22-18(24)6-5-7-19(22)25;1-3-4-2;1-2/h3-7,14,16-17,21H,1,8-13H2,2H3;3H,1,4H2,2H3;1-2H3/b15-4+;;. The smallest absolute Gasteiger partial charge is 0.121 e. The van der Waals surface area contributed by atoms with Crippen molar-refractivity contribution < 1.29 is 4.74 Å². The summed E-state index contributed by atoms with van der Waals surface area (Å²) in [7, 11) is 0. The van der Waals surface area contributed by atoms with Crippen LogP contribution in [0.25, 0.3) is 11.3 Å². The van der Waals surface area contributed by atoms with Crippen molar-refractivity contribution in [3.05, 3.63) is 71.0 Å². The highest BCUT2D eigenvalue weighted by Crippen LogP contribution is 2.44. The Hall–Kier alpha value is -2.08. The van der Waals surface area contributed by atoms with Crippen LogP contribution in [0.15, 0.2) is 55.3 Å². The Balaban J connectivity index is 0.000000550. The number of piperidine rings is 1. The van der Waals surface area contributed by atoms with Crippen LogP contribution in [0.3, 0.4) is 0 Å². The van der Waals surface area contributed by atoms with Crippen molar-refractivity contribution in [1.82, 2.24) is 19.9 Å². The van der Waals surface area contributed by atoms with E-state index >= 15 is 0 Å². The number of ether oxygens (including phenoxy) is 1. The molecular formula is C29H40Cl2N4O. The molecule has 2 heterocycles. The number of hydrogen-bond acceptors (Lipinski definition) is 4. The van der Waals surface area contributed by atoms with Gasteiger partial charge in [-0.1, -0.05) is 74.0 Å². The maximum atomic E-state index is 6.48. The van der Waals surface area contributed by atoms with Gasteiger partial charge >= 0.3 is 0 Å². The predicted octanol–water partition coefficient (Wildman–Crippen LogP) is 8.26. The van der Waals surface area contributed by atoms with Crippen molar-refractivity contribution in [1.29, 1.82) is 0 Å². The quantitative estimate of drug-likeness (QED) is 0.254. The van der Waals surface area contributed by atoms with Gasteiger partial charge in [0.05, 0.1) is 34.5 Å². The second kappa shape index (κ2) is 13.5. The fourth-order valence-corrected chi connectivity index (χ4v) is 5.57. The number of nitrogens with zero attached hydrogens (tertiary/aromatic N) is 4. The third kappa shape index (κ3) is 6.24. The third-order valence-corrected chi connectivity index (χ3v) is 7.55.